The molecular formula is C26H32FN5O2S2. The normalized spacial score (nSPS) is 16.2. The summed E-state index contributed by atoms with van der Waals surface area (Å²) in [6, 6.07) is 10.1. The summed E-state index contributed by atoms with van der Waals surface area (Å²) < 4.78 is 15.5. The molecule has 2 aromatic heterocycles. The predicted molar refractivity (Wildman–Crippen MR) is 145 cm³/mol. The number of thioether (sulfide) groups is 1. The van der Waals surface area contributed by atoms with E-state index in [0.717, 1.165) is 16.1 Å². The second kappa shape index (κ2) is 10.7. The molecule has 1 atom stereocenters. The van der Waals surface area contributed by atoms with Crippen LogP contribution in [0.15, 0.2) is 41.8 Å². The number of anilines is 1. The average Bonchev–Trinajstić information content (AvgIpc) is 3.44. The zero-order valence-corrected chi connectivity index (χ0v) is 22.9. The predicted octanol–water partition coefficient (Wildman–Crippen LogP) is 4.22. The first-order valence-corrected chi connectivity index (χ1v) is 13.7. The maximum atomic E-state index is 13.8. The summed E-state index contributed by atoms with van der Waals surface area (Å²) in [5.74, 6) is 0.0533. The Bertz CT molecular complexity index is 1220. The summed E-state index contributed by atoms with van der Waals surface area (Å²) in [5, 5.41) is 9.82. The minimum atomic E-state index is -0.353. The molecule has 36 heavy (non-hydrogen) atoms. The zero-order valence-electron chi connectivity index (χ0n) is 21.2. The molecule has 3 aromatic rings. The van der Waals surface area contributed by atoms with Crippen molar-refractivity contribution in [2.45, 2.75) is 31.4 Å². The van der Waals surface area contributed by atoms with Crippen molar-refractivity contribution in [1.82, 2.24) is 20.0 Å². The first-order chi connectivity index (χ1) is 17.1. The lowest BCUT2D eigenvalue weighted by atomic mass is 9.88. The van der Waals surface area contributed by atoms with Crippen molar-refractivity contribution >= 4 is 40.7 Å². The Hall–Kier alpha value is -2.69. The molecule has 0 fully saturated rings. The van der Waals surface area contributed by atoms with Crippen LogP contribution in [0.5, 0.6) is 0 Å². The lowest BCUT2D eigenvalue weighted by Crippen LogP contribution is -2.43. The van der Waals surface area contributed by atoms with Crippen LogP contribution in [0.3, 0.4) is 0 Å². The molecule has 3 heterocycles. The van der Waals surface area contributed by atoms with Gasteiger partial charge in [-0.25, -0.2) is 9.07 Å². The van der Waals surface area contributed by atoms with Crippen LogP contribution in [0.25, 0.3) is 5.69 Å². The Morgan fingerprint density at radius 2 is 1.94 bits per heavy atom. The van der Waals surface area contributed by atoms with Gasteiger partial charge in [0.2, 0.25) is 11.8 Å². The summed E-state index contributed by atoms with van der Waals surface area (Å²) in [6.07, 6.45) is 0. The van der Waals surface area contributed by atoms with Gasteiger partial charge in [0, 0.05) is 28.9 Å². The Morgan fingerprint density at radius 3 is 2.56 bits per heavy atom. The van der Waals surface area contributed by atoms with Gasteiger partial charge in [0.25, 0.3) is 0 Å². The quantitative estimate of drug-likeness (QED) is 0.496. The van der Waals surface area contributed by atoms with Gasteiger partial charge in [-0.3, -0.25) is 14.5 Å². The SMILES string of the molecule is CN(C)CCNC(=O)CN1C(=O)CS[C@H](c2cccs2)c2c(C(C)(C)C)nn(-c3ccc(F)cc3)c21. The molecule has 1 aliphatic rings. The molecule has 0 bridgehead atoms. The minimum absolute atomic E-state index is 0.117. The van der Waals surface area contributed by atoms with E-state index in [2.05, 4.69) is 32.2 Å². The van der Waals surface area contributed by atoms with Crippen LogP contribution in [0.4, 0.5) is 10.2 Å². The Balaban J connectivity index is 1.88. The van der Waals surface area contributed by atoms with Crippen LogP contribution in [0.1, 0.15) is 42.2 Å². The number of aromatic nitrogens is 2. The molecule has 0 unspecified atom stereocenters. The van der Waals surface area contributed by atoms with Gasteiger partial charge >= 0.3 is 0 Å². The second-order valence-electron chi connectivity index (χ2n) is 10.1. The first kappa shape index (κ1) is 26.4. The van der Waals surface area contributed by atoms with E-state index in [1.54, 1.807) is 44.8 Å². The molecule has 0 spiro atoms. The summed E-state index contributed by atoms with van der Waals surface area (Å²) in [4.78, 5) is 31.1. The van der Waals surface area contributed by atoms with E-state index < -0.39 is 0 Å². The van der Waals surface area contributed by atoms with E-state index >= 15 is 0 Å². The van der Waals surface area contributed by atoms with Crippen LogP contribution < -0.4 is 10.2 Å². The summed E-state index contributed by atoms with van der Waals surface area (Å²) in [6.45, 7) is 7.33. The maximum absolute atomic E-state index is 13.8. The highest BCUT2D eigenvalue weighted by Gasteiger charge is 2.40. The van der Waals surface area contributed by atoms with Crippen molar-refractivity contribution in [3.63, 3.8) is 0 Å². The fourth-order valence-corrected chi connectivity index (χ4v) is 6.29. The molecule has 1 aliphatic heterocycles. The van der Waals surface area contributed by atoms with Gasteiger partial charge in [-0.1, -0.05) is 26.8 Å². The van der Waals surface area contributed by atoms with Crippen LogP contribution in [-0.2, 0) is 15.0 Å². The van der Waals surface area contributed by atoms with Gasteiger partial charge in [0.05, 0.1) is 22.4 Å². The first-order valence-electron chi connectivity index (χ1n) is 11.8. The molecular weight excluding hydrogens is 497 g/mol. The number of fused-ring (bicyclic) bond motifs is 1. The summed E-state index contributed by atoms with van der Waals surface area (Å²) in [5.41, 5.74) is 2.07. The molecule has 7 nitrogen and oxygen atoms in total. The molecule has 0 saturated carbocycles. The molecule has 0 saturated heterocycles. The number of thiophene rings is 1. The third-order valence-corrected chi connectivity index (χ3v) is 8.18. The number of rotatable bonds is 7. The van der Waals surface area contributed by atoms with Crippen LogP contribution in [0.2, 0.25) is 0 Å². The molecule has 0 radical (unpaired) electrons. The van der Waals surface area contributed by atoms with Gasteiger partial charge in [0.1, 0.15) is 18.2 Å². The molecule has 1 N–H and O–H groups in total. The van der Waals surface area contributed by atoms with Gasteiger partial charge < -0.3 is 10.2 Å². The largest absolute Gasteiger partial charge is 0.353 e. The molecule has 1 aromatic carbocycles. The van der Waals surface area contributed by atoms with E-state index in [0.29, 0.717) is 24.6 Å². The van der Waals surface area contributed by atoms with Crippen molar-refractivity contribution in [1.29, 1.82) is 0 Å². The molecule has 2 amide bonds. The zero-order chi connectivity index (χ0) is 26.0. The topological polar surface area (TPSA) is 70.5 Å². The number of halogens is 1. The average molecular weight is 530 g/mol. The lowest BCUT2D eigenvalue weighted by Gasteiger charge is -2.24. The van der Waals surface area contributed by atoms with E-state index in [1.807, 2.05) is 30.4 Å². The Morgan fingerprint density at radius 1 is 1.22 bits per heavy atom. The standard InChI is InChI=1S/C26H32FN5O2S2/c1-26(2,3)24-22-23(19-7-6-14-35-19)36-16-21(34)31(15-20(33)28-12-13-30(4)5)25(22)32(29-24)18-10-8-17(27)9-11-18/h6-11,14,23H,12-13,15-16H2,1-5H3,(H,28,33)/t23-/m1/s1. The van der Waals surface area contributed by atoms with E-state index in [4.69, 9.17) is 5.10 Å². The Kier molecular flexibility index (Phi) is 7.87. The van der Waals surface area contributed by atoms with Gasteiger partial charge in [-0.15, -0.1) is 23.1 Å². The highest BCUT2D eigenvalue weighted by Crippen LogP contribution is 2.49. The Labute approximate surface area is 219 Å². The fourth-order valence-electron chi connectivity index (χ4n) is 4.12. The number of benzene rings is 1. The van der Waals surface area contributed by atoms with E-state index in [-0.39, 0.29) is 40.6 Å². The minimum Gasteiger partial charge on any atom is -0.353 e. The molecule has 4 rings (SSSR count). The van der Waals surface area contributed by atoms with Gasteiger partial charge in [0.15, 0.2) is 0 Å². The van der Waals surface area contributed by atoms with Crippen molar-refractivity contribution in [3.8, 4) is 5.69 Å². The number of hydrogen-bond donors (Lipinski definition) is 1. The third kappa shape index (κ3) is 5.66. The second-order valence-corrected chi connectivity index (χ2v) is 12.1. The number of hydrogen-bond acceptors (Lipinski definition) is 6. The highest BCUT2D eigenvalue weighted by molar-refractivity contribution is 8.00. The van der Waals surface area contributed by atoms with Gasteiger partial charge in [-0.05, 0) is 49.8 Å². The van der Waals surface area contributed by atoms with Crippen molar-refractivity contribution < 1.29 is 14.0 Å². The number of likely N-dealkylation sites (N-methyl/N-ethyl adjacent to an activating group) is 1. The van der Waals surface area contributed by atoms with E-state index in [9.17, 15) is 14.0 Å². The van der Waals surface area contributed by atoms with Crippen LogP contribution in [-0.4, -0.2) is 66.0 Å². The van der Waals surface area contributed by atoms with Crippen molar-refractivity contribution in [2.24, 2.45) is 0 Å². The lowest BCUT2D eigenvalue weighted by molar-refractivity contribution is -0.122. The number of nitrogens with one attached hydrogen (secondary N) is 1. The van der Waals surface area contributed by atoms with Crippen molar-refractivity contribution in [3.05, 3.63) is 63.7 Å². The van der Waals surface area contributed by atoms with Gasteiger partial charge in [-0.2, -0.15) is 5.10 Å². The van der Waals surface area contributed by atoms with E-state index in [1.165, 1.54) is 12.1 Å². The van der Waals surface area contributed by atoms with Crippen LogP contribution in [0, 0.1) is 5.82 Å². The molecule has 10 heteroatoms. The fraction of sp³-hybridized carbons (Fsp3) is 0.423. The highest BCUT2D eigenvalue weighted by atomic mass is 32.2. The number of carbonyl (C=O) groups is 2. The monoisotopic (exact) mass is 529 g/mol. The number of nitrogens with zero attached hydrogens (tertiary/aromatic N) is 4. The smallest absolute Gasteiger partial charge is 0.240 e. The molecule has 0 aliphatic carbocycles. The number of amides is 2. The number of carbonyl (C=O) groups excluding carboxylic acids is 2. The molecule has 192 valence electrons. The maximum Gasteiger partial charge on any atom is 0.240 e. The van der Waals surface area contributed by atoms with Crippen molar-refractivity contribution in [2.75, 3.05) is 44.4 Å². The summed E-state index contributed by atoms with van der Waals surface area (Å²) >= 11 is 3.19. The summed E-state index contributed by atoms with van der Waals surface area (Å²) in [7, 11) is 3.88. The third-order valence-electron chi connectivity index (χ3n) is 5.86. The van der Waals surface area contributed by atoms with Crippen LogP contribution >= 0.6 is 23.1 Å².